The zero-order chi connectivity index (χ0) is 17.2. The average Bonchev–Trinajstić information content (AvgIpc) is 3.11. The zero-order valence-electron chi connectivity index (χ0n) is 13.5. The molecule has 0 aliphatic carbocycles. The minimum atomic E-state index is 0.0493. The zero-order valence-corrected chi connectivity index (χ0v) is 13.5. The molecule has 2 aliphatic rings. The fraction of sp³-hybridized carbons (Fsp3) is 0.333. The van der Waals surface area contributed by atoms with E-state index in [2.05, 4.69) is 27.1 Å². The monoisotopic (exact) mass is 332 g/mol. The second-order valence-electron chi connectivity index (χ2n) is 6.12. The van der Waals surface area contributed by atoms with Gasteiger partial charge < -0.3 is 14.5 Å². The summed E-state index contributed by atoms with van der Waals surface area (Å²) in [6.07, 6.45) is 5.70. The molecule has 2 aromatic rings. The molecule has 2 fully saturated rings. The number of hydrogen-bond acceptors (Lipinski definition) is 7. The van der Waals surface area contributed by atoms with E-state index in [1.807, 2.05) is 24.4 Å². The molecule has 0 bridgehead atoms. The van der Waals surface area contributed by atoms with Gasteiger partial charge in [0.05, 0.1) is 31.8 Å². The number of anilines is 1. The van der Waals surface area contributed by atoms with Crippen molar-refractivity contribution in [2.75, 3.05) is 31.1 Å². The highest BCUT2D eigenvalue weighted by atomic mass is 16.5. The lowest BCUT2D eigenvalue weighted by molar-refractivity contribution is 0.0323. The molecule has 2 aliphatic heterocycles. The quantitative estimate of drug-likeness (QED) is 0.768. The van der Waals surface area contributed by atoms with Gasteiger partial charge in [-0.3, -0.25) is 0 Å². The maximum absolute atomic E-state index is 9.13. The largest absolute Gasteiger partial charge is 0.372 e. The van der Waals surface area contributed by atoms with Crippen molar-refractivity contribution in [3.05, 3.63) is 42.4 Å². The number of morpholine rings is 1. The number of likely N-dealkylation sites (tertiary alicyclic amines) is 1. The van der Waals surface area contributed by atoms with Gasteiger partial charge in [0.2, 0.25) is 0 Å². The number of ether oxygens (including phenoxy) is 1. The standard InChI is InChI=1S/C18H16N6O/c19-8-15-7-13(3-4-21-15)14-1-2-18(22-9-14)24-5-6-25-17-11-23(12-20)10-16(17)24/h1-4,7,9,16-17H,5-6,10-11H2. The normalized spacial score (nSPS) is 22.2. The van der Waals surface area contributed by atoms with Crippen LogP contribution in [0.3, 0.4) is 0 Å². The van der Waals surface area contributed by atoms with Crippen molar-refractivity contribution < 1.29 is 4.74 Å². The molecule has 25 heavy (non-hydrogen) atoms. The first-order valence-corrected chi connectivity index (χ1v) is 8.14. The van der Waals surface area contributed by atoms with E-state index in [-0.39, 0.29) is 12.1 Å². The first-order chi connectivity index (χ1) is 12.3. The number of hydrogen-bond donors (Lipinski definition) is 0. The van der Waals surface area contributed by atoms with Crippen LogP contribution in [0.5, 0.6) is 0 Å². The van der Waals surface area contributed by atoms with E-state index in [9.17, 15) is 0 Å². The molecule has 0 aromatic carbocycles. The van der Waals surface area contributed by atoms with Crippen LogP contribution in [0, 0.1) is 22.8 Å². The first-order valence-electron chi connectivity index (χ1n) is 8.14. The van der Waals surface area contributed by atoms with Crippen molar-refractivity contribution in [3.8, 4) is 23.4 Å². The molecule has 7 nitrogen and oxygen atoms in total. The summed E-state index contributed by atoms with van der Waals surface area (Å²) in [6, 6.07) is 9.81. The topological polar surface area (TPSA) is 89.1 Å². The number of aromatic nitrogens is 2. The van der Waals surface area contributed by atoms with Crippen LogP contribution in [0.2, 0.25) is 0 Å². The van der Waals surface area contributed by atoms with Crippen molar-refractivity contribution in [3.63, 3.8) is 0 Å². The van der Waals surface area contributed by atoms with Crippen molar-refractivity contribution in [2.24, 2.45) is 0 Å². The van der Waals surface area contributed by atoms with E-state index in [0.717, 1.165) is 23.5 Å². The average molecular weight is 332 g/mol. The summed E-state index contributed by atoms with van der Waals surface area (Å²) in [5.74, 6) is 0.886. The van der Waals surface area contributed by atoms with Gasteiger partial charge in [-0.1, -0.05) is 0 Å². The lowest BCUT2D eigenvalue weighted by Gasteiger charge is -2.37. The Hall–Kier alpha value is -3.16. The minimum absolute atomic E-state index is 0.0493. The van der Waals surface area contributed by atoms with Gasteiger partial charge in [-0.15, -0.1) is 0 Å². The summed E-state index contributed by atoms with van der Waals surface area (Å²) < 4.78 is 5.80. The van der Waals surface area contributed by atoms with Gasteiger partial charge in [-0.2, -0.15) is 10.5 Å². The van der Waals surface area contributed by atoms with Gasteiger partial charge in [-0.25, -0.2) is 9.97 Å². The van der Waals surface area contributed by atoms with Crippen molar-refractivity contribution >= 4 is 5.82 Å². The molecule has 0 spiro atoms. The van der Waals surface area contributed by atoms with Crippen molar-refractivity contribution in [2.45, 2.75) is 12.1 Å². The third-order valence-electron chi connectivity index (χ3n) is 4.69. The van der Waals surface area contributed by atoms with Gasteiger partial charge in [0.15, 0.2) is 6.19 Å². The summed E-state index contributed by atoms with van der Waals surface area (Å²) in [6.45, 7) is 2.71. The van der Waals surface area contributed by atoms with Crippen LogP contribution >= 0.6 is 0 Å². The first kappa shape index (κ1) is 15.4. The Kier molecular flexibility index (Phi) is 3.93. The minimum Gasteiger partial charge on any atom is -0.372 e. The van der Waals surface area contributed by atoms with Crippen molar-refractivity contribution in [1.82, 2.24) is 14.9 Å². The Morgan fingerprint density at radius 3 is 2.80 bits per heavy atom. The summed E-state index contributed by atoms with van der Waals surface area (Å²) >= 11 is 0. The van der Waals surface area contributed by atoms with E-state index in [1.54, 1.807) is 17.2 Å². The molecule has 4 rings (SSSR count). The molecule has 2 atom stereocenters. The van der Waals surface area contributed by atoms with E-state index < -0.39 is 0 Å². The van der Waals surface area contributed by atoms with E-state index in [0.29, 0.717) is 25.4 Å². The molecule has 0 amide bonds. The number of pyridine rings is 2. The summed E-state index contributed by atoms with van der Waals surface area (Å²) in [5, 5.41) is 18.1. The van der Waals surface area contributed by atoms with Crippen LogP contribution in [-0.2, 0) is 4.74 Å². The van der Waals surface area contributed by atoms with Crippen LogP contribution in [-0.4, -0.2) is 53.3 Å². The maximum atomic E-state index is 9.13. The van der Waals surface area contributed by atoms with Crippen molar-refractivity contribution in [1.29, 1.82) is 10.5 Å². The SMILES string of the molecule is N#Cc1cc(-c2ccc(N3CCOC4CN(C#N)CC43)nc2)ccn1. The van der Waals surface area contributed by atoms with Gasteiger partial charge in [0, 0.05) is 24.5 Å². The number of rotatable bonds is 2. The third-order valence-corrected chi connectivity index (χ3v) is 4.69. The molecule has 2 unspecified atom stereocenters. The second kappa shape index (κ2) is 6.39. The molecular weight excluding hydrogens is 316 g/mol. The Bertz CT molecular complexity index is 853. The number of nitriles is 2. The van der Waals surface area contributed by atoms with E-state index in [4.69, 9.17) is 15.3 Å². The molecule has 0 saturated carbocycles. The lowest BCUT2D eigenvalue weighted by Crippen LogP contribution is -2.51. The van der Waals surface area contributed by atoms with Gasteiger partial charge in [-0.05, 0) is 29.8 Å². The van der Waals surface area contributed by atoms with E-state index >= 15 is 0 Å². The fourth-order valence-corrected chi connectivity index (χ4v) is 3.45. The Labute approximate surface area is 145 Å². The van der Waals surface area contributed by atoms with Crippen LogP contribution in [0.4, 0.5) is 5.82 Å². The number of nitrogens with zero attached hydrogens (tertiary/aromatic N) is 6. The summed E-state index contributed by atoms with van der Waals surface area (Å²) in [4.78, 5) is 12.6. The predicted octanol–water partition coefficient (Wildman–Crippen LogP) is 1.39. The highest BCUT2D eigenvalue weighted by Crippen LogP contribution is 2.28. The molecule has 0 N–H and O–H groups in total. The molecular formula is C18H16N6O. The van der Waals surface area contributed by atoms with Crippen LogP contribution < -0.4 is 4.90 Å². The maximum Gasteiger partial charge on any atom is 0.179 e. The Balaban J connectivity index is 1.58. The van der Waals surface area contributed by atoms with Gasteiger partial charge in [0.1, 0.15) is 17.6 Å². The lowest BCUT2D eigenvalue weighted by atomic mass is 10.1. The van der Waals surface area contributed by atoms with Crippen LogP contribution in [0.25, 0.3) is 11.1 Å². The fourth-order valence-electron chi connectivity index (χ4n) is 3.45. The molecule has 2 saturated heterocycles. The Morgan fingerprint density at radius 1 is 1.12 bits per heavy atom. The summed E-state index contributed by atoms with van der Waals surface area (Å²) in [5.41, 5.74) is 2.25. The second-order valence-corrected chi connectivity index (χ2v) is 6.12. The van der Waals surface area contributed by atoms with Gasteiger partial charge >= 0.3 is 0 Å². The van der Waals surface area contributed by atoms with E-state index in [1.165, 1.54) is 0 Å². The smallest absolute Gasteiger partial charge is 0.179 e. The van der Waals surface area contributed by atoms with Gasteiger partial charge in [0.25, 0.3) is 0 Å². The highest BCUT2D eigenvalue weighted by Gasteiger charge is 2.40. The molecule has 0 radical (unpaired) electrons. The summed E-state index contributed by atoms with van der Waals surface area (Å²) in [7, 11) is 0. The third kappa shape index (κ3) is 2.86. The molecule has 7 heteroatoms. The molecule has 124 valence electrons. The predicted molar refractivity (Wildman–Crippen MR) is 90.2 cm³/mol. The Morgan fingerprint density at radius 2 is 2.04 bits per heavy atom. The number of fused-ring (bicyclic) bond motifs is 1. The molecule has 2 aromatic heterocycles. The highest BCUT2D eigenvalue weighted by molar-refractivity contribution is 5.64. The van der Waals surface area contributed by atoms with Crippen LogP contribution in [0.1, 0.15) is 5.69 Å². The van der Waals surface area contributed by atoms with Crippen LogP contribution in [0.15, 0.2) is 36.7 Å². The molecule has 4 heterocycles.